The fraction of sp³-hybridized carbons (Fsp3) is 0.471. The number of nitrogens with zero attached hydrogens (tertiary/aromatic N) is 2. The van der Waals surface area contributed by atoms with Gasteiger partial charge in [0.15, 0.2) is 5.69 Å². The van der Waals surface area contributed by atoms with Gasteiger partial charge >= 0.3 is 5.97 Å². The van der Waals surface area contributed by atoms with Crippen LogP contribution >= 0.6 is 0 Å². The number of hydrogen-bond acceptors (Lipinski definition) is 6. The summed E-state index contributed by atoms with van der Waals surface area (Å²) in [5, 5.41) is 10.4. The third kappa shape index (κ3) is 3.98. The van der Waals surface area contributed by atoms with Crippen LogP contribution in [0.4, 0.5) is 0 Å². The van der Waals surface area contributed by atoms with Crippen LogP contribution in [0.25, 0.3) is 11.3 Å². The van der Waals surface area contributed by atoms with E-state index in [1.165, 1.54) is 0 Å². The second-order valence-electron chi connectivity index (χ2n) is 5.59. The summed E-state index contributed by atoms with van der Waals surface area (Å²) in [6.07, 6.45) is 2.41. The van der Waals surface area contributed by atoms with E-state index in [-0.39, 0.29) is 11.8 Å². The molecule has 7 heteroatoms. The molecule has 1 aliphatic heterocycles. The highest BCUT2D eigenvalue weighted by molar-refractivity contribution is 5.93. The van der Waals surface area contributed by atoms with E-state index < -0.39 is 5.97 Å². The number of rotatable bonds is 7. The summed E-state index contributed by atoms with van der Waals surface area (Å²) < 4.78 is 16.2. The van der Waals surface area contributed by atoms with Gasteiger partial charge in [0.05, 0.1) is 25.9 Å². The van der Waals surface area contributed by atoms with Gasteiger partial charge in [-0.25, -0.2) is 4.79 Å². The first kappa shape index (κ1) is 16.6. The number of ether oxygens (including phenoxy) is 3. The first-order valence-corrected chi connectivity index (χ1v) is 8.14. The molecule has 0 spiro atoms. The predicted molar refractivity (Wildman–Crippen MR) is 86.4 cm³/mol. The van der Waals surface area contributed by atoms with Crippen molar-refractivity contribution in [3.63, 3.8) is 0 Å². The normalized spacial score (nSPS) is 17.1. The van der Waals surface area contributed by atoms with E-state index >= 15 is 0 Å². The Morgan fingerprint density at radius 2 is 2.17 bits per heavy atom. The lowest BCUT2D eigenvalue weighted by molar-refractivity contribution is 0.0106. The van der Waals surface area contributed by atoms with Crippen molar-refractivity contribution in [1.82, 2.24) is 15.4 Å². The molecule has 7 nitrogen and oxygen atoms in total. The van der Waals surface area contributed by atoms with Crippen molar-refractivity contribution in [1.29, 1.82) is 0 Å². The number of carbonyl (C=O) groups excluding carboxylic acids is 1. The van der Waals surface area contributed by atoms with Gasteiger partial charge in [-0.1, -0.05) is 24.3 Å². The standard InChI is InChI=1S/C17H21N3O4/c1-2-23-17(21)16-15(18-20-19-16)13-7-5-12(6-8-13)10-22-11-14-4-3-9-24-14/h5-8,14H,2-4,9-11H2,1H3,(H,18,19,20). The molecule has 1 fully saturated rings. The molecule has 128 valence electrons. The molecule has 1 saturated heterocycles. The molecule has 3 rings (SSSR count). The lowest BCUT2D eigenvalue weighted by atomic mass is 10.1. The van der Waals surface area contributed by atoms with Crippen LogP contribution in [-0.4, -0.2) is 47.3 Å². The Morgan fingerprint density at radius 3 is 2.88 bits per heavy atom. The van der Waals surface area contributed by atoms with Crippen molar-refractivity contribution in [2.45, 2.75) is 32.5 Å². The highest BCUT2D eigenvalue weighted by atomic mass is 16.5. The summed E-state index contributed by atoms with van der Waals surface area (Å²) >= 11 is 0. The Morgan fingerprint density at radius 1 is 1.33 bits per heavy atom. The number of benzene rings is 1. The molecule has 1 unspecified atom stereocenters. The minimum Gasteiger partial charge on any atom is -0.461 e. The van der Waals surface area contributed by atoms with E-state index in [2.05, 4.69) is 15.4 Å². The van der Waals surface area contributed by atoms with E-state index in [1.54, 1.807) is 6.92 Å². The zero-order chi connectivity index (χ0) is 16.8. The third-order valence-corrected chi connectivity index (χ3v) is 3.84. The molecular weight excluding hydrogens is 310 g/mol. The molecule has 1 aromatic carbocycles. The largest absolute Gasteiger partial charge is 0.461 e. The van der Waals surface area contributed by atoms with Gasteiger partial charge in [-0.3, -0.25) is 0 Å². The second-order valence-corrected chi connectivity index (χ2v) is 5.59. The molecule has 0 aliphatic carbocycles. The van der Waals surface area contributed by atoms with E-state index in [9.17, 15) is 4.79 Å². The Bertz CT molecular complexity index is 663. The first-order valence-electron chi connectivity index (χ1n) is 8.14. The molecule has 2 aromatic rings. The molecule has 0 saturated carbocycles. The van der Waals surface area contributed by atoms with E-state index in [4.69, 9.17) is 14.2 Å². The van der Waals surface area contributed by atoms with Crippen molar-refractivity contribution in [2.75, 3.05) is 19.8 Å². The van der Waals surface area contributed by atoms with Crippen LogP contribution in [0.1, 0.15) is 35.8 Å². The van der Waals surface area contributed by atoms with Gasteiger partial charge in [-0.15, -0.1) is 5.10 Å². The van der Waals surface area contributed by atoms with Crippen molar-refractivity contribution in [2.24, 2.45) is 0 Å². The molecule has 0 amide bonds. The van der Waals surface area contributed by atoms with Crippen LogP contribution < -0.4 is 0 Å². The number of carbonyl (C=O) groups is 1. The Hall–Kier alpha value is -2.25. The average molecular weight is 331 g/mol. The van der Waals surface area contributed by atoms with Gasteiger partial charge in [-0.2, -0.15) is 10.3 Å². The summed E-state index contributed by atoms with van der Waals surface area (Å²) in [7, 11) is 0. The second kappa shape index (κ2) is 8.03. The predicted octanol–water partition coefficient (Wildman–Crippen LogP) is 2.34. The van der Waals surface area contributed by atoms with Crippen molar-refractivity contribution in [3.8, 4) is 11.3 Å². The summed E-state index contributed by atoms with van der Waals surface area (Å²) in [4.78, 5) is 11.9. The zero-order valence-electron chi connectivity index (χ0n) is 13.7. The minimum absolute atomic E-state index is 0.194. The van der Waals surface area contributed by atoms with Crippen molar-refractivity contribution in [3.05, 3.63) is 35.5 Å². The lowest BCUT2D eigenvalue weighted by Gasteiger charge is -2.10. The number of esters is 1. The Balaban J connectivity index is 1.60. The lowest BCUT2D eigenvalue weighted by Crippen LogP contribution is -2.13. The van der Waals surface area contributed by atoms with Crippen LogP contribution in [0.2, 0.25) is 0 Å². The molecule has 1 atom stereocenters. The quantitative estimate of drug-likeness (QED) is 0.784. The highest BCUT2D eigenvalue weighted by Crippen LogP contribution is 2.21. The maximum atomic E-state index is 11.9. The fourth-order valence-electron chi connectivity index (χ4n) is 2.62. The molecule has 1 aromatic heterocycles. The van der Waals surface area contributed by atoms with E-state index in [0.29, 0.717) is 25.5 Å². The third-order valence-electron chi connectivity index (χ3n) is 3.84. The molecule has 24 heavy (non-hydrogen) atoms. The molecule has 0 bridgehead atoms. The average Bonchev–Trinajstić information content (AvgIpc) is 3.27. The number of nitrogens with one attached hydrogen (secondary N) is 1. The van der Waals surface area contributed by atoms with Crippen LogP contribution in [0.15, 0.2) is 24.3 Å². The molecule has 1 N–H and O–H groups in total. The van der Waals surface area contributed by atoms with Gasteiger partial charge in [0.2, 0.25) is 0 Å². The van der Waals surface area contributed by atoms with Gasteiger partial charge in [0.1, 0.15) is 5.69 Å². The minimum atomic E-state index is -0.481. The summed E-state index contributed by atoms with van der Waals surface area (Å²) in [6.45, 7) is 4.04. The molecular formula is C17H21N3O4. The number of H-pyrrole nitrogens is 1. The highest BCUT2D eigenvalue weighted by Gasteiger charge is 2.19. The van der Waals surface area contributed by atoms with Crippen LogP contribution in [0.3, 0.4) is 0 Å². The zero-order valence-corrected chi connectivity index (χ0v) is 13.7. The van der Waals surface area contributed by atoms with Crippen LogP contribution in [0.5, 0.6) is 0 Å². The van der Waals surface area contributed by atoms with Crippen molar-refractivity contribution >= 4 is 5.97 Å². The Kier molecular flexibility index (Phi) is 5.55. The summed E-state index contributed by atoms with van der Waals surface area (Å²) in [6, 6.07) is 7.69. The molecule has 0 radical (unpaired) electrons. The molecule has 2 heterocycles. The molecule has 1 aliphatic rings. The van der Waals surface area contributed by atoms with Crippen LogP contribution in [-0.2, 0) is 20.8 Å². The summed E-state index contributed by atoms with van der Waals surface area (Å²) in [5.74, 6) is -0.481. The van der Waals surface area contributed by atoms with E-state index in [1.807, 2.05) is 24.3 Å². The summed E-state index contributed by atoms with van der Waals surface area (Å²) in [5.41, 5.74) is 2.53. The fourth-order valence-corrected chi connectivity index (χ4v) is 2.62. The maximum Gasteiger partial charge on any atom is 0.361 e. The van der Waals surface area contributed by atoms with Gasteiger partial charge < -0.3 is 14.2 Å². The number of aromatic nitrogens is 3. The van der Waals surface area contributed by atoms with Gasteiger partial charge in [0.25, 0.3) is 0 Å². The topological polar surface area (TPSA) is 86.3 Å². The van der Waals surface area contributed by atoms with Gasteiger partial charge in [-0.05, 0) is 25.3 Å². The number of aromatic amines is 1. The van der Waals surface area contributed by atoms with Gasteiger partial charge in [0, 0.05) is 12.2 Å². The van der Waals surface area contributed by atoms with Crippen molar-refractivity contribution < 1.29 is 19.0 Å². The monoisotopic (exact) mass is 331 g/mol. The SMILES string of the molecule is CCOC(=O)c1n[nH]nc1-c1ccc(COCC2CCCO2)cc1. The maximum absolute atomic E-state index is 11.9. The van der Waals surface area contributed by atoms with Crippen LogP contribution in [0, 0.1) is 0 Å². The Labute approximate surface area is 140 Å². The van der Waals surface area contributed by atoms with E-state index in [0.717, 1.165) is 30.6 Å². The smallest absolute Gasteiger partial charge is 0.361 e. The first-order chi connectivity index (χ1) is 11.8. The number of hydrogen-bond donors (Lipinski definition) is 1.